The minimum atomic E-state index is -0.457. The maximum atomic E-state index is 13.8. The lowest BCUT2D eigenvalue weighted by atomic mass is 10.0. The molecular formula is C25H21FN4O3. The second-order valence-electron chi connectivity index (χ2n) is 7.85. The summed E-state index contributed by atoms with van der Waals surface area (Å²) in [6, 6.07) is 18.6. The number of aromatic amines is 1. The first kappa shape index (κ1) is 20.7. The third-order valence-corrected chi connectivity index (χ3v) is 5.80. The number of benzene rings is 3. The summed E-state index contributed by atoms with van der Waals surface area (Å²) in [6.07, 6.45) is 0.589. The van der Waals surface area contributed by atoms with Gasteiger partial charge in [0.15, 0.2) is 0 Å². The molecule has 3 aromatic carbocycles. The van der Waals surface area contributed by atoms with E-state index in [0.29, 0.717) is 35.5 Å². The number of aromatic nitrogens is 2. The van der Waals surface area contributed by atoms with E-state index in [-0.39, 0.29) is 11.5 Å². The van der Waals surface area contributed by atoms with Gasteiger partial charge in [0.05, 0.1) is 18.2 Å². The molecule has 1 fully saturated rings. The summed E-state index contributed by atoms with van der Waals surface area (Å²) >= 11 is 0. The van der Waals surface area contributed by atoms with E-state index >= 15 is 0 Å². The third kappa shape index (κ3) is 3.91. The highest BCUT2D eigenvalue weighted by molar-refractivity contribution is 6.01. The Morgan fingerprint density at radius 1 is 1.06 bits per heavy atom. The van der Waals surface area contributed by atoms with E-state index in [2.05, 4.69) is 15.5 Å². The molecule has 7 nitrogen and oxygen atoms in total. The van der Waals surface area contributed by atoms with Gasteiger partial charge in [-0.05, 0) is 30.7 Å². The van der Waals surface area contributed by atoms with E-state index in [0.717, 1.165) is 16.6 Å². The number of halogens is 1. The molecule has 0 saturated carbocycles. The lowest BCUT2D eigenvalue weighted by Gasteiger charge is -2.18. The topological polar surface area (TPSA) is 87.3 Å². The summed E-state index contributed by atoms with van der Waals surface area (Å²) in [5.41, 5.74) is 2.53. The van der Waals surface area contributed by atoms with Crippen molar-refractivity contribution in [2.75, 3.05) is 23.9 Å². The molecule has 1 aromatic heterocycles. The summed E-state index contributed by atoms with van der Waals surface area (Å²) < 4.78 is 18.9. The van der Waals surface area contributed by atoms with Gasteiger partial charge in [-0.2, -0.15) is 5.10 Å². The van der Waals surface area contributed by atoms with Crippen LogP contribution < -0.4 is 20.5 Å². The molecule has 1 atom stereocenters. The van der Waals surface area contributed by atoms with Gasteiger partial charge >= 0.3 is 0 Å². The zero-order valence-corrected chi connectivity index (χ0v) is 17.8. The molecule has 8 heteroatoms. The molecule has 2 N–H and O–H groups in total. The number of methoxy groups -OCH3 is 1. The lowest BCUT2D eigenvalue weighted by Crippen LogP contribution is -2.33. The summed E-state index contributed by atoms with van der Waals surface area (Å²) in [6.45, 7) is 0.544. The van der Waals surface area contributed by atoms with Gasteiger partial charge in [0.1, 0.15) is 17.6 Å². The summed E-state index contributed by atoms with van der Waals surface area (Å²) in [5, 5.41) is 11.2. The number of rotatable bonds is 5. The number of nitrogens with zero attached hydrogens (tertiary/aromatic N) is 2. The third-order valence-electron chi connectivity index (χ3n) is 5.80. The first-order valence-electron chi connectivity index (χ1n) is 10.5. The predicted molar refractivity (Wildman–Crippen MR) is 125 cm³/mol. The molecule has 1 unspecified atom stereocenters. The molecule has 1 aliphatic heterocycles. The molecule has 0 spiro atoms. The maximum absolute atomic E-state index is 13.8. The van der Waals surface area contributed by atoms with Gasteiger partial charge in [-0.15, -0.1) is 0 Å². The number of H-pyrrole nitrogens is 1. The zero-order chi connectivity index (χ0) is 22.9. The molecule has 0 bridgehead atoms. The van der Waals surface area contributed by atoms with Gasteiger partial charge < -0.3 is 15.0 Å². The Morgan fingerprint density at radius 2 is 1.82 bits per heavy atom. The van der Waals surface area contributed by atoms with Crippen LogP contribution in [-0.2, 0) is 4.79 Å². The maximum Gasteiger partial charge on any atom is 0.272 e. The average molecular weight is 444 g/mol. The van der Waals surface area contributed by atoms with E-state index in [1.807, 2.05) is 42.5 Å². The van der Waals surface area contributed by atoms with Crippen LogP contribution in [0.2, 0.25) is 0 Å². The largest absolute Gasteiger partial charge is 0.497 e. The number of fused-ring (bicyclic) bond motifs is 1. The highest BCUT2D eigenvalue weighted by atomic mass is 19.1. The fourth-order valence-corrected chi connectivity index (χ4v) is 4.17. The quantitative estimate of drug-likeness (QED) is 0.487. The van der Waals surface area contributed by atoms with E-state index in [4.69, 9.17) is 4.74 Å². The van der Waals surface area contributed by atoms with Crippen LogP contribution in [-0.4, -0.2) is 35.8 Å². The van der Waals surface area contributed by atoms with E-state index in [9.17, 15) is 14.0 Å². The number of hydrogen-bond acceptors (Lipinski definition) is 5. The van der Waals surface area contributed by atoms with Crippen molar-refractivity contribution in [3.8, 4) is 17.0 Å². The van der Waals surface area contributed by atoms with Crippen LogP contribution in [0.4, 0.5) is 15.8 Å². The molecule has 0 radical (unpaired) electrons. The summed E-state index contributed by atoms with van der Waals surface area (Å²) in [5.74, 6) is -0.129. The van der Waals surface area contributed by atoms with Gasteiger partial charge in [-0.25, -0.2) is 9.49 Å². The SMILES string of the molecule is COc1cc(F)cc(NC2CCN(c3ccc(-c4n[nH]c(=O)c5ccccc45)cc3)C2=O)c1. The highest BCUT2D eigenvalue weighted by Crippen LogP contribution is 2.29. The number of carbonyl (C=O) groups excluding carboxylic acids is 1. The predicted octanol–water partition coefficient (Wildman–Crippen LogP) is 3.96. The Kier molecular flexibility index (Phi) is 5.26. The van der Waals surface area contributed by atoms with Crippen molar-refractivity contribution in [1.82, 2.24) is 10.2 Å². The van der Waals surface area contributed by atoms with Crippen molar-refractivity contribution >= 4 is 28.1 Å². The fourth-order valence-electron chi connectivity index (χ4n) is 4.17. The molecule has 1 aliphatic rings. The second-order valence-corrected chi connectivity index (χ2v) is 7.85. The summed E-state index contributed by atoms with van der Waals surface area (Å²) in [7, 11) is 1.47. The standard InChI is InChI=1S/C25H21FN4O3/c1-33-19-13-16(26)12-17(14-19)27-22-10-11-30(25(22)32)18-8-6-15(7-9-18)23-20-4-2-3-5-21(20)24(31)29-28-23/h2-9,12-14,22,27H,10-11H2,1H3,(H,29,31). The van der Waals surface area contributed by atoms with Crippen LogP contribution in [0.15, 0.2) is 71.5 Å². The van der Waals surface area contributed by atoms with Crippen molar-refractivity contribution in [2.45, 2.75) is 12.5 Å². The van der Waals surface area contributed by atoms with Crippen LogP contribution >= 0.6 is 0 Å². The van der Waals surface area contributed by atoms with Crippen molar-refractivity contribution < 1.29 is 13.9 Å². The van der Waals surface area contributed by atoms with Crippen LogP contribution in [0.5, 0.6) is 5.75 Å². The molecule has 1 amide bonds. The number of hydrogen-bond donors (Lipinski definition) is 2. The van der Waals surface area contributed by atoms with Gasteiger partial charge in [0, 0.05) is 41.0 Å². The van der Waals surface area contributed by atoms with Crippen LogP contribution in [0.1, 0.15) is 6.42 Å². The second kappa shape index (κ2) is 8.38. The van der Waals surface area contributed by atoms with Crippen molar-refractivity contribution in [3.05, 3.63) is 82.9 Å². The molecule has 0 aliphatic carbocycles. The molecule has 33 heavy (non-hydrogen) atoms. The molecular weight excluding hydrogens is 423 g/mol. The highest BCUT2D eigenvalue weighted by Gasteiger charge is 2.32. The Balaban J connectivity index is 1.36. The number of nitrogens with one attached hydrogen (secondary N) is 2. The van der Waals surface area contributed by atoms with Crippen LogP contribution in [0, 0.1) is 5.82 Å². The van der Waals surface area contributed by atoms with Gasteiger partial charge in [0.25, 0.3) is 5.56 Å². The Morgan fingerprint density at radius 3 is 2.58 bits per heavy atom. The molecule has 2 heterocycles. The van der Waals surface area contributed by atoms with Crippen LogP contribution in [0.25, 0.3) is 22.0 Å². The Hall–Kier alpha value is -4.20. The number of anilines is 2. The molecule has 1 saturated heterocycles. The summed E-state index contributed by atoms with van der Waals surface area (Å²) in [4.78, 5) is 26.8. The fraction of sp³-hybridized carbons (Fsp3) is 0.160. The van der Waals surface area contributed by atoms with Gasteiger partial charge in [0.2, 0.25) is 5.91 Å². The smallest absolute Gasteiger partial charge is 0.272 e. The lowest BCUT2D eigenvalue weighted by molar-refractivity contribution is -0.117. The van der Waals surface area contributed by atoms with Crippen molar-refractivity contribution in [2.24, 2.45) is 0 Å². The number of ether oxygens (including phenoxy) is 1. The molecule has 4 aromatic rings. The normalized spacial score (nSPS) is 15.8. The van der Waals surface area contributed by atoms with Crippen LogP contribution in [0.3, 0.4) is 0 Å². The minimum absolute atomic E-state index is 0.0846. The number of amides is 1. The number of carbonyl (C=O) groups is 1. The molecule has 5 rings (SSSR count). The van der Waals surface area contributed by atoms with E-state index < -0.39 is 11.9 Å². The Labute approximate surface area is 188 Å². The average Bonchev–Trinajstić information content (AvgIpc) is 3.19. The minimum Gasteiger partial charge on any atom is -0.497 e. The monoisotopic (exact) mass is 444 g/mol. The van der Waals surface area contributed by atoms with E-state index in [1.165, 1.54) is 19.2 Å². The van der Waals surface area contributed by atoms with Crippen molar-refractivity contribution in [3.63, 3.8) is 0 Å². The zero-order valence-electron chi connectivity index (χ0n) is 17.8. The molecule has 166 valence electrons. The first-order valence-corrected chi connectivity index (χ1v) is 10.5. The van der Waals surface area contributed by atoms with Crippen molar-refractivity contribution in [1.29, 1.82) is 0 Å². The first-order chi connectivity index (χ1) is 16.0. The van der Waals surface area contributed by atoms with Gasteiger partial charge in [-0.1, -0.05) is 30.3 Å². The Bertz CT molecular complexity index is 1400. The van der Waals surface area contributed by atoms with Gasteiger partial charge in [-0.3, -0.25) is 9.59 Å². The van der Waals surface area contributed by atoms with E-state index in [1.54, 1.807) is 17.0 Å².